The normalized spacial score (nSPS) is 14.6. The van der Waals surface area contributed by atoms with Gasteiger partial charge >= 0.3 is 0 Å². The number of hydrogen-bond donors (Lipinski definition) is 1. The van der Waals surface area contributed by atoms with Gasteiger partial charge in [-0.1, -0.05) is 60.7 Å². The van der Waals surface area contributed by atoms with E-state index in [9.17, 15) is 5.11 Å². The van der Waals surface area contributed by atoms with E-state index >= 15 is 0 Å². The minimum atomic E-state index is 0.140. The fourth-order valence-electron chi connectivity index (χ4n) is 2.90. The van der Waals surface area contributed by atoms with Crippen LogP contribution in [0.2, 0.25) is 0 Å². The molecule has 3 nitrogen and oxygen atoms in total. The molecule has 0 bridgehead atoms. The zero-order chi connectivity index (χ0) is 14.5. The largest absolute Gasteiger partial charge is 0.395 e. The van der Waals surface area contributed by atoms with E-state index in [1.807, 2.05) is 12.1 Å². The Morgan fingerprint density at radius 1 is 0.952 bits per heavy atom. The Kier molecular flexibility index (Phi) is 4.31. The average Bonchev–Trinajstić information content (AvgIpc) is 2.98. The molecule has 0 radical (unpaired) electrons. The van der Waals surface area contributed by atoms with E-state index in [0.29, 0.717) is 6.54 Å². The van der Waals surface area contributed by atoms with Gasteiger partial charge in [-0.05, 0) is 11.1 Å². The fourth-order valence-corrected chi connectivity index (χ4v) is 2.90. The van der Waals surface area contributed by atoms with Gasteiger partial charge in [0.05, 0.1) is 19.1 Å². The van der Waals surface area contributed by atoms with Crippen molar-refractivity contribution in [3.63, 3.8) is 0 Å². The molecule has 1 aliphatic heterocycles. The molecule has 0 saturated heterocycles. The van der Waals surface area contributed by atoms with Crippen LogP contribution in [-0.2, 0) is 0 Å². The monoisotopic (exact) mass is 280 g/mol. The number of benzene rings is 2. The van der Waals surface area contributed by atoms with Gasteiger partial charge in [-0.3, -0.25) is 4.99 Å². The minimum Gasteiger partial charge on any atom is -0.395 e. The summed E-state index contributed by atoms with van der Waals surface area (Å²) in [5.74, 6) is 1.21. The van der Waals surface area contributed by atoms with Crippen molar-refractivity contribution in [3.05, 3.63) is 71.8 Å². The smallest absolute Gasteiger partial charge is 0.111 e. The van der Waals surface area contributed by atoms with Crippen molar-refractivity contribution in [2.24, 2.45) is 4.99 Å². The summed E-state index contributed by atoms with van der Waals surface area (Å²) in [6.07, 6.45) is 0. The lowest BCUT2D eigenvalue weighted by atomic mass is 9.89. The molecule has 2 aromatic rings. The summed E-state index contributed by atoms with van der Waals surface area (Å²) >= 11 is 0. The maximum Gasteiger partial charge on any atom is 0.111 e. The summed E-state index contributed by atoms with van der Waals surface area (Å²) in [7, 11) is 0. The van der Waals surface area contributed by atoms with Crippen molar-refractivity contribution in [2.45, 2.75) is 5.92 Å². The van der Waals surface area contributed by atoms with Gasteiger partial charge in [0.25, 0.3) is 0 Å². The van der Waals surface area contributed by atoms with E-state index in [1.54, 1.807) is 0 Å². The second kappa shape index (κ2) is 6.55. The highest BCUT2D eigenvalue weighted by Gasteiger charge is 2.27. The van der Waals surface area contributed by atoms with E-state index in [2.05, 4.69) is 53.4 Å². The zero-order valence-corrected chi connectivity index (χ0v) is 12.0. The quantitative estimate of drug-likeness (QED) is 0.913. The Labute approximate surface area is 125 Å². The summed E-state index contributed by atoms with van der Waals surface area (Å²) in [4.78, 5) is 6.92. The topological polar surface area (TPSA) is 35.8 Å². The van der Waals surface area contributed by atoms with Crippen LogP contribution in [0.4, 0.5) is 0 Å². The molecule has 0 saturated carbocycles. The van der Waals surface area contributed by atoms with Gasteiger partial charge in [-0.25, -0.2) is 0 Å². The van der Waals surface area contributed by atoms with Crippen molar-refractivity contribution < 1.29 is 5.11 Å². The number of amidine groups is 1. The Balaban J connectivity index is 2.01. The van der Waals surface area contributed by atoms with Gasteiger partial charge in [0.15, 0.2) is 0 Å². The number of aliphatic hydroxyl groups is 1. The molecule has 0 amide bonds. The van der Waals surface area contributed by atoms with Crippen LogP contribution in [0.3, 0.4) is 0 Å². The molecule has 0 aliphatic carbocycles. The van der Waals surface area contributed by atoms with E-state index < -0.39 is 0 Å². The molecule has 3 rings (SSSR count). The molecule has 2 aromatic carbocycles. The lowest BCUT2D eigenvalue weighted by Crippen LogP contribution is -2.34. The van der Waals surface area contributed by atoms with Gasteiger partial charge in [-0.15, -0.1) is 0 Å². The second-order valence-corrected chi connectivity index (χ2v) is 5.20. The zero-order valence-electron chi connectivity index (χ0n) is 12.0. The Hall–Kier alpha value is -2.13. The van der Waals surface area contributed by atoms with Gasteiger partial charge < -0.3 is 10.0 Å². The molecular weight excluding hydrogens is 260 g/mol. The Morgan fingerprint density at radius 2 is 1.52 bits per heavy atom. The lowest BCUT2D eigenvalue weighted by Gasteiger charge is -2.27. The molecular formula is C18H20N2O. The Bertz CT molecular complexity index is 556. The third-order valence-corrected chi connectivity index (χ3v) is 3.86. The first-order valence-electron chi connectivity index (χ1n) is 7.40. The number of hydrogen-bond acceptors (Lipinski definition) is 3. The predicted molar refractivity (Wildman–Crippen MR) is 85.7 cm³/mol. The summed E-state index contributed by atoms with van der Waals surface area (Å²) < 4.78 is 0. The van der Waals surface area contributed by atoms with Crippen LogP contribution in [-0.4, -0.2) is 42.1 Å². The standard InChI is InChI=1S/C18H20N2O/c21-14-13-20-12-11-19-18(20)17(15-7-3-1-4-8-15)16-9-5-2-6-10-16/h1-10,17,21H,11-14H2. The molecule has 0 aromatic heterocycles. The molecule has 1 heterocycles. The summed E-state index contributed by atoms with van der Waals surface area (Å²) in [6, 6.07) is 20.9. The first-order chi connectivity index (χ1) is 10.4. The molecule has 0 unspecified atom stereocenters. The van der Waals surface area contributed by atoms with Gasteiger partial charge in [-0.2, -0.15) is 0 Å². The summed E-state index contributed by atoms with van der Waals surface area (Å²) in [5, 5.41) is 9.27. The van der Waals surface area contributed by atoms with Crippen LogP contribution < -0.4 is 0 Å². The van der Waals surface area contributed by atoms with E-state index in [1.165, 1.54) is 11.1 Å². The maximum atomic E-state index is 9.27. The highest BCUT2D eigenvalue weighted by atomic mass is 16.3. The van der Waals surface area contributed by atoms with Gasteiger partial charge in [0.1, 0.15) is 5.84 Å². The third-order valence-electron chi connectivity index (χ3n) is 3.86. The van der Waals surface area contributed by atoms with Crippen LogP contribution in [0.5, 0.6) is 0 Å². The maximum absolute atomic E-state index is 9.27. The van der Waals surface area contributed by atoms with Crippen LogP contribution in [0.1, 0.15) is 17.0 Å². The molecule has 0 spiro atoms. The average molecular weight is 280 g/mol. The van der Waals surface area contributed by atoms with E-state index in [-0.39, 0.29) is 12.5 Å². The Morgan fingerprint density at radius 3 is 2.05 bits per heavy atom. The van der Waals surface area contributed by atoms with Crippen molar-refractivity contribution in [1.29, 1.82) is 0 Å². The van der Waals surface area contributed by atoms with Crippen LogP contribution in [0.15, 0.2) is 65.7 Å². The van der Waals surface area contributed by atoms with Crippen molar-refractivity contribution in [2.75, 3.05) is 26.2 Å². The van der Waals surface area contributed by atoms with Crippen molar-refractivity contribution in [1.82, 2.24) is 4.90 Å². The molecule has 108 valence electrons. The molecule has 3 heteroatoms. The highest BCUT2D eigenvalue weighted by molar-refractivity contribution is 5.93. The molecule has 1 aliphatic rings. The first-order valence-corrected chi connectivity index (χ1v) is 7.40. The third kappa shape index (κ3) is 2.98. The summed E-state index contributed by atoms with van der Waals surface area (Å²) in [5.41, 5.74) is 2.49. The number of nitrogens with zero attached hydrogens (tertiary/aromatic N) is 2. The number of aliphatic hydroxyl groups excluding tert-OH is 1. The van der Waals surface area contributed by atoms with Gasteiger partial charge in [0, 0.05) is 13.1 Å². The fraction of sp³-hybridized carbons (Fsp3) is 0.278. The molecule has 0 fully saturated rings. The van der Waals surface area contributed by atoms with E-state index in [0.717, 1.165) is 18.9 Å². The molecule has 0 atom stereocenters. The van der Waals surface area contributed by atoms with Crippen molar-refractivity contribution >= 4 is 5.84 Å². The SMILES string of the molecule is OCCN1CCN=C1C(c1ccccc1)c1ccccc1. The van der Waals surface area contributed by atoms with Gasteiger partial charge in [0.2, 0.25) is 0 Å². The minimum absolute atomic E-state index is 0.140. The number of aliphatic imine (C=N–C) groups is 1. The van der Waals surface area contributed by atoms with E-state index in [4.69, 9.17) is 4.99 Å². The molecule has 21 heavy (non-hydrogen) atoms. The van der Waals surface area contributed by atoms with Crippen molar-refractivity contribution in [3.8, 4) is 0 Å². The highest BCUT2D eigenvalue weighted by Crippen LogP contribution is 2.29. The molecule has 1 N–H and O–H groups in total. The van der Waals surface area contributed by atoms with Crippen LogP contribution in [0.25, 0.3) is 0 Å². The number of β-amino-alcohol motifs (C(OH)–C–C–N with tert-alkyl or cyclic N) is 1. The lowest BCUT2D eigenvalue weighted by molar-refractivity contribution is 0.255. The summed E-state index contributed by atoms with van der Waals surface area (Å²) in [6.45, 7) is 2.52. The number of rotatable bonds is 5. The van der Waals surface area contributed by atoms with Crippen LogP contribution >= 0.6 is 0 Å². The van der Waals surface area contributed by atoms with Crippen LogP contribution in [0, 0.1) is 0 Å². The first kappa shape index (κ1) is 13.8. The predicted octanol–water partition coefficient (Wildman–Crippen LogP) is 2.52. The second-order valence-electron chi connectivity index (χ2n) is 5.20.